The molecule has 4 heteroatoms. The second-order valence-electron chi connectivity index (χ2n) is 2.20. The molecule has 10 heavy (non-hydrogen) atoms. The van der Waals surface area contributed by atoms with Gasteiger partial charge in [-0.2, -0.15) is 0 Å². The van der Waals surface area contributed by atoms with Gasteiger partial charge in [-0.1, -0.05) is 22.9 Å². The molecule has 0 aliphatic carbocycles. The Morgan fingerprint density at radius 2 is 2.60 bits per heavy atom. The molecule has 1 fully saturated rings. The van der Waals surface area contributed by atoms with Crippen molar-refractivity contribution in [1.29, 1.82) is 0 Å². The smallest absolute Gasteiger partial charge is 0.247 e. The first-order chi connectivity index (χ1) is 4.75. The summed E-state index contributed by atoms with van der Waals surface area (Å²) in [5.74, 6) is 1.12. The minimum Gasteiger partial charge on any atom is -0.285 e. The summed E-state index contributed by atoms with van der Waals surface area (Å²) < 4.78 is 1.83. The molecular weight excluding hydrogens is 214 g/mol. The summed E-state index contributed by atoms with van der Waals surface area (Å²) in [6.07, 6.45) is 1.04. The lowest BCUT2D eigenvalue weighted by atomic mass is 10.4. The molecule has 0 aromatic carbocycles. The van der Waals surface area contributed by atoms with Crippen molar-refractivity contribution in [2.75, 3.05) is 12.3 Å². The molecular formula is C6H10BrNOS. The minimum absolute atomic E-state index is 0.0593. The molecule has 1 unspecified atom stereocenters. The van der Waals surface area contributed by atoms with Crippen LogP contribution in [0.2, 0.25) is 0 Å². The third-order valence-electron chi connectivity index (χ3n) is 1.32. The van der Waals surface area contributed by atoms with Crippen LogP contribution in [0, 0.1) is 0 Å². The van der Waals surface area contributed by atoms with Gasteiger partial charge >= 0.3 is 0 Å². The van der Waals surface area contributed by atoms with E-state index in [4.69, 9.17) is 0 Å². The van der Waals surface area contributed by atoms with Crippen LogP contribution >= 0.6 is 27.9 Å². The van der Waals surface area contributed by atoms with Gasteiger partial charge < -0.3 is 0 Å². The van der Waals surface area contributed by atoms with Crippen molar-refractivity contribution in [2.45, 2.75) is 18.2 Å². The van der Waals surface area contributed by atoms with Gasteiger partial charge in [-0.3, -0.25) is 9.10 Å². The summed E-state index contributed by atoms with van der Waals surface area (Å²) in [5, 5.41) is 0. The van der Waals surface area contributed by atoms with E-state index in [9.17, 15) is 4.79 Å². The lowest BCUT2D eigenvalue weighted by Gasteiger charge is -2.11. The van der Waals surface area contributed by atoms with Crippen molar-refractivity contribution in [3.8, 4) is 0 Å². The van der Waals surface area contributed by atoms with E-state index in [-0.39, 0.29) is 10.7 Å². The van der Waals surface area contributed by atoms with Crippen LogP contribution in [-0.2, 0) is 4.79 Å². The van der Waals surface area contributed by atoms with Crippen LogP contribution in [0.25, 0.3) is 0 Å². The van der Waals surface area contributed by atoms with E-state index in [1.807, 2.05) is 4.31 Å². The van der Waals surface area contributed by atoms with Crippen molar-refractivity contribution in [3.05, 3.63) is 0 Å². The number of carbonyl (C=O) groups is 1. The number of amides is 1. The molecule has 0 radical (unpaired) electrons. The summed E-state index contributed by atoms with van der Waals surface area (Å²) in [6.45, 7) is 2.96. The normalized spacial score (nSPS) is 26.0. The SMILES string of the molecule is CCCN1SCC(Br)C1=O. The molecule has 1 aliphatic heterocycles. The molecule has 1 rings (SSSR count). The maximum absolute atomic E-state index is 11.2. The van der Waals surface area contributed by atoms with Crippen molar-refractivity contribution in [3.63, 3.8) is 0 Å². The molecule has 2 nitrogen and oxygen atoms in total. The van der Waals surface area contributed by atoms with E-state index in [0.717, 1.165) is 18.7 Å². The monoisotopic (exact) mass is 223 g/mol. The predicted octanol–water partition coefficient (Wildman–Crippen LogP) is 1.65. The zero-order valence-electron chi connectivity index (χ0n) is 5.84. The Morgan fingerprint density at radius 3 is 3.00 bits per heavy atom. The molecule has 0 aromatic rings. The van der Waals surface area contributed by atoms with Gasteiger partial charge in [-0.25, -0.2) is 0 Å². The Bertz CT molecular complexity index is 140. The van der Waals surface area contributed by atoms with Crippen LogP contribution in [0.4, 0.5) is 0 Å². The second-order valence-corrected chi connectivity index (χ2v) is 4.34. The number of hydrogen-bond donors (Lipinski definition) is 0. The van der Waals surface area contributed by atoms with Gasteiger partial charge in [-0.05, 0) is 18.4 Å². The van der Waals surface area contributed by atoms with Crippen molar-refractivity contribution in [1.82, 2.24) is 4.31 Å². The molecule has 1 atom stereocenters. The number of hydrogen-bond acceptors (Lipinski definition) is 2. The molecule has 0 N–H and O–H groups in total. The van der Waals surface area contributed by atoms with Gasteiger partial charge in [0.1, 0.15) is 4.83 Å². The fourth-order valence-corrected chi connectivity index (χ4v) is 2.58. The van der Waals surface area contributed by atoms with E-state index in [1.165, 1.54) is 0 Å². The highest BCUT2D eigenvalue weighted by atomic mass is 79.9. The maximum Gasteiger partial charge on any atom is 0.247 e. The highest BCUT2D eigenvalue weighted by molar-refractivity contribution is 9.10. The average molecular weight is 224 g/mol. The first-order valence-electron chi connectivity index (χ1n) is 3.34. The zero-order chi connectivity index (χ0) is 7.56. The molecule has 0 spiro atoms. The summed E-state index contributed by atoms with van der Waals surface area (Å²) in [7, 11) is 0. The Kier molecular flexibility index (Phi) is 3.04. The topological polar surface area (TPSA) is 20.3 Å². The molecule has 0 aromatic heterocycles. The number of rotatable bonds is 2. The predicted molar refractivity (Wildman–Crippen MR) is 47.2 cm³/mol. The Hall–Kier alpha value is 0.300. The quantitative estimate of drug-likeness (QED) is 0.525. The molecule has 58 valence electrons. The van der Waals surface area contributed by atoms with E-state index in [1.54, 1.807) is 11.9 Å². The molecule has 1 amide bonds. The van der Waals surface area contributed by atoms with Gasteiger partial charge in [0.2, 0.25) is 5.91 Å². The largest absolute Gasteiger partial charge is 0.285 e. The number of nitrogens with zero attached hydrogens (tertiary/aromatic N) is 1. The lowest BCUT2D eigenvalue weighted by molar-refractivity contribution is -0.124. The third-order valence-corrected chi connectivity index (χ3v) is 3.62. The van der Waals surface area contributed by atoms with Gasteiger partial charge in [0.25, 0.3) is 0 Å². The first kappa shape index (κ1) is 8.40. The highest BCUT2D eigenvalue weighted by Gasteiger charge is 2.29. The fourth-order valence-electron chi connectivity index (χ4n) is 0.824. The summed E-state index contributed by atoms with van der Waals surface area (Å²) in [6, 6.07) is 0. The summed E-state index contributed by atoms with van der Waals surface area (Å²) >= 11 is 4.92. The van der Waals surface area contributed by atoms with Crippen LogP contribution in [0.15, 0.2) is 0 Å². The Labute approximate surface area is 73.6 Å². The highest BCUT2D eigenvalue weighted by Crippen LogP contribution is 2.26. The molecule has 1 aliphatic rings. The van der Waals surface area contributed by atoms with Crippen LogP contribution in [-0.4, -0.2) is 27.3 Å². The summed E-state index contributed by atoms with van der Waals surface area (Å²) in [5.41, 5.74) is 0. The Balaban J connectivity index is 2.41. The average Bonchev–Trinajstić information content (AvgIpc) is 2.20. The van der Waals surface area contributed by atoms with Gasteiger partial charge in [0.15, 0.2) is 0 Å². The number of carbonyl (C=O) groups excluding carboxylic acids is 1. The number of alkyl halides is 1. The minimum atomic E-state index is 0.0593. The van der Waals surface area contributed by atoms with Crippen molar-refractivity contribution >= 4 is 33.8 Å². The van der Waals surface area contributed by atoms with E-state index in [0.29, 0.717) is 0 Å². The van der Waals surface area contributed by atoms with E-state index in [2.05, 4.69) is 22.9 Å². The first-order valence-corrected chi connectivity index (χ1v) is 5.20. The van der Waals surface area contributed by atoms with Gasteiger partial charge in [0, 0.05) is 12.3 Å². The standard InChI is InChI=1S/C6H10BrNOS/c1-2-3-8-6(9)5(7)4-10-8/h5H,2-4H2,1H3. The zero-order valence-corrected chi connectivity index (χ0v) is 8.24. The van der Waals surface area contributed by atoms with Crippen LogP contribution < -0.4 is 0 Å². The van der Waals surface area contributed by atoms with Gasteiger partial charge in [0.05, 0.1) is 0 Å². The van der Waals surface area contributed by atoms with Crippen LogP contribution in [0.5, 0.6) is 0 Å². The molecule has 1 heterocycles. The van der Waals surface area contributed by atoms with Crippen molar-refractivity contribution < 1.29 is 4.79 Å². The van der Waals surface area contributed by atoms with E-state index < -0.39 is 0 Å². The van der Waals surface area contributed by atoms with Crippen molar-refractivity contribution in [2.24, 2.45) is 0 Å². The van der Waals surface area contributed by atoms with E-state index >= 15 is 0 Å². The molecule has 0 bridgehead atoms. The molecule has 0 saturated carbocycles. The van der Waals surface area contributed by atoms with Gasteiger partial charge in [-0.15, -0.1) is 0 Å². The summed E-state index contributed by atoms with van der Waals surface area (Å²) in [4.78, 5) is 11.2. The van der Waals surface area contributed by atoms with Crippen LogP contribution in [0.3, 0.4) is 0 Å². The number of halogens is 1. The Morgan fingerprint density at radius 1 is 1.90 bits per heavy atom. The maximum atomic E-state index is 11.2. The molecule has 1 saturated heterocycles. The second kappa shape index (κ2) is 3.62. The lowest BCUT2D eigenvalue weighted by Crippen LogP contribution is -2.24. The van der Waals surface area contributed by atoms with Crippen LogP contribution in [0.1, 0.15) is 13.3 Å². The fraction of sp³-hybridized carbons (Fsp3) is 0.833. The third kappa shape index (κ3) is 1.66.